The maximum absolute atomic E-state index is 11.4. The quantitative estimate of drug-likeness (QED) is 0.741. The zero-order valence-corrected chi connectivity index (χ0v) is 10.0. The highest BCUT2D eigenvalue weighted by atomic mass is 16.4. The Morgan fingerprint density at radius 2 is 2.00 bits per heavy atom. The smallest absolute Gasteiger partial charge is 0.327 e. The molecule has 1 saturated carbocycles. The van der Waals surface area contributed by atoms with E-state index in [0.717, 1.165) is 12.8 Å². The molecule has 0 radical (unpaired) electrons. The number of carboxylic acid groups (broad SMARTS) is 1. The van der Waals surface area contributed by atoms with Gasteiger partial charge in [-0.15, -0.1) is 0 Å². The molecule has 1 heterocycles. The molecule has 2 rings (SSSR count). The van der Waals surface area contributed by atoms with Crippen molar-refractivity contribution >= 4 is 11.9 Å². The molecule has 1 unspecified atom stereocenters. The summed E-state index contributed by atoms with van der Waals surface area (Å²) in [5.41, 5.74) is 0. The number of carbonyl (C=O) groups excluding carboxylic acids is 1. The summed E-state index contributed by atoms with van der Waals surface area (Å²) in [7, 11) is 0. The molecular formula is C12H20N2O3. The van der Waals surface area contributed by atoms with Gasteiger partial charge in [-0.25, -0.2) is 4.79 Å². The topological polar surface area (TPSA) is 69.6 Å². The Balaban J connectivity index is 2.00. The fourth-order valence-electron chi connectivity index (χ4n) is 2.80. The summed E-state index contributed by atoms with van der Waals surface area (Å²) < 4.78 is 0. The molecule has 2 fully saturated rings. The highest BCUT2D eigenvalue weighted by Gasteiger charge is 2.30. The van der Waals surface area contributed by atoms with E-state index in [1.165, 1.54) is 19.3 Å². The number of hydrogen-bond acceptors (Lipinski definition) is 3. The molecule has 1 saturated heterocycles. The third kappa shape index (κ3) is 3.19. The van der Waals surface area contributed by atoms with Crippen LogP contribution >= 0.6 is 0 Å². The van der Waals surface area contributed by atoms with E-state index >= 15 is 0 Å². The Morgan fingerprint density at radius 1 is 1.29 bits per heavy atom. The van der Waals surface area contributed by atoms with Crippen molar-refractivity contribution < 1.29 is 14.7 Å². The minimum absolute atomic E-state index is 0.143. The molecule has 2 aliphatic rings. The standard InChI is InChI=1S/C12H20N2O3/c15-11-6-7-14(8-10(13-11)12(16)17)9-4-2-1-3-5-9/h9-10H,1-8H2,(H,13,15)(H,16,17). The van der Waals surface area contributed by atoms with Crippen LogP contribution in [0.4, 0.5) is 0 Å². The molecular weight excluding hydrogens is 220 g/mol. The maximum atomic E-state index is 11.4. The highest BCUT2D eigenvalue weighted by molar-refractivity contribution is 5.84. The van der Waals surface area contributed by atoms with Crippen molar-refractivity contribution in [3.63, 3.8) is 0 Å². The number of carbonyl (C=O) groups is 2. The SMILES string of the molecule is O=C1CCN(C2CCCCC2)CC(C(=O)O)N1. The van der Waals surface area contributed by atoms with Crippen LogP contribution in [0.2, 0.25) is 0 Å². The molecule has 1 atom stereocenters. The second kappa shape index (κ2) is 5.49. The summed E-state index contributed by atoms with van der Waals surface area (Å²) >= 11 is 0. The lowest BCUT2D eigenvalue weighted by Gasteiger charge is -2.33. The Morgan fingerprint density at radius 3 is 2.65 bits per heavy atom. The first-order chi connectivity index (χ1) is 8.16. The molecule has 1 aliphatic heterocycles. The third-order valence-corrected chi connectivity index (χ3v) is 3.77. The zero-order chi connectivity index (χ0) is 12.3. The summed E-state index contributed by atoms with van der Waals surface area (Å²) in [5.74, 6) is -1.07. The number of nitrogens with one attached hydrogen (secondary N) is 1. The summed E-state index contributed by atoms with van der Waals surface area (Å²) in [6.07, 6.45) is 6.42. The number of aliphatic carboxylic acids is 1. The molecule has 1 amide bonds. The molecule has 0 aromatic rings. The summed E-state index contributed by atoms with van der Waals surface area (Å²) in [4.78, 5) is 24.7. The first-order valence-corrected chi connectivity index (χ1v) is 6.43. The van der Waals surface area contributed by atoms with Gasteiger partial charge < -0.3 is 10.4 Å². The minimum Gasteiger partial charge on any atom is -0.480 e. The molecule has 2 N–H and O–H groups in total. The van der Waals surface area contributed by atoms with E-state index in [-0.39, 0.29) is 5.91 Å². The lowest BCUT2D eigenvalue weighted by molar-refractivity contribution is -0.141. The van der Waals surface area contributed by atoms with Crippen molar-refractivity contribution in [2.24, 2.45) is 0 Å². The third-order valence-electron chi connectivity index (χ3n) is 3.77. The second-order valence-electron chi connectivity index (χ2n) is 5.00. The van der Waals surface area contributed by atoms with E-state index < -0.39 is 12.0 Å². The molecule has 1 aliphatic carbocycles. The van der Waals surface area contributed by atoms with E-state index in [1.54, 1.807) is 0 Å². The fourth-order valence-corrected chi connectivity index (χ4v) is 2.80. The zero-order valence-electron chi connectivity index (χ0n) is 10.0. The fraction of sp³-hybridized carbons (Fsp3) is 0.833. The van der Waals surface area contributed by atoms with Crippen molar-refractivity contribution in [1.82, 2.24) is 10.2 Å². The Hall–Kier alpha value is -1.10. The van der Waals surface area contributed by atoms with Gasteiger partial charge in [0.2, 0.25) is 5.91 Å². The van der Waals surface area contributed by atoms with E-state index in [4.69, 9.17) is 5.11 Å². The molecule has 0 aromatic heterocycles. The lowest BCUT2D eigenvalue weighted by atomic mass is 9.94. The van der Waals surface area contributed by atoms with Crippen molar-refractivity contribution in [1.29, 1.82) is 0 Å². The maximum Gasteiger partial charge on any atom is 0.327 e. The molecule has 17 heavy (non-hydrogen) atoms. The normalized spacial score (nSPS) is 28.5. The number of carboxylic acids is 1. The van der Waals surface area contributed by atoms with Gasteiger partial charge in [-0.3, -0.25) is 9.69 Å². The van der Waals surface area contributed by atoms with Gasteiger partial charge in [0.05, 0.1) is 0 Å². The van der Waals surface area contributed by atoms with E-state index in [2.05, 4.69) is 10.2 Å². The van der Waals surface area contributed by atoms with E-state index in [1.807, 2.05) is 0 Å². The molecule has 0 bridgehead atoms. The summed E-state index contributed by atoms with van der Waals surface area (Å²) in [6.45, 7) is 1.14. The van der Waals surface area contributed by atoms with Gasteiger partial charge in [0.25, 0.3) is 0 Å². The monoisotopic (exact) mass is 240 g/mol. The number of nitrogens with zero attached hydrogens (tertiary/aromatic N) is 1. The minimum atomic E-state index is -0.930. The van der Waals surface area contributed by atoms with Gasteiger partial charge in [0, 0.05) is 25.6 Å². The van der Waals surface area contributed by atoms with Crippen LogP contribution in [0, 0.1) is 0 Å². The average molecular weight is 240 g/mol. The first-order valence-electron chi connectivity index (χ1n) is 6.43. The van der Waals surface area contributed by atoms with Crippen LogP contribution in [0.1, 0.15) is 38.5 Å². The predicted octanol–water partition coefficient (Wildman–Crippen LogP) is 0.594. The highest BCUT2D eigenvalue weighted by Crippen LogP contribution is 2.23. The molecule has 0 aromatic carbocycles. The largest absolute Gasteiger partial charge is 0.480 e. The average Bonchev–Trinajstić information content (AvgIpc) is 2.52. The molecule has 0 spiro atoms. The number of rotatable bonds is 2. The van der Waals surface area contributed by atoms with E-state index in [9.17, 15) is 9.59 Å². The van der Waals surface area contributed by atoms with Crippen LogP contribution in [0.5, 0.6) is 0 Å². The lowest BCUT2D eigenvalue weighted by Crippen LogP contribution is -2.47. The number of hydrogen-bond donors (Lipinski definition) is 2. The van der Waals surface area contributed by atoms with Gasteiger partial charge in [-0.05, 0) is 12.8 Å². The van der Waals surface area contributed by atoms with Gasteiger partial charge >= 0.3 is 5.97 Å². The molecule has 5 heteroatoms. The second-order valence-corrected chi connectivity index (χ2v) is 5.00. The van der Waals surface area contributed by atoms with E-state index in [0.29, 0.717) is 25.6 Å². The van der Waals surface area contributed by atoms with Crippen molar-refractivity contribution in [2.45, 2.75) is 50.6 Å². The van der Waals surface area contributed by atoms with Gasteiger partial charge in [0.15, 0.2) is 0 Å². The van der Waals surface area contributed by atoms with Crippen molar-refractivity contribution in [3.05, 3.63) is 0 Å². The number of amides is 1. The van der Waals surface area contributed by atoms with Gasteiger partial charge in [-0.1, -0.05) is 19.3 Å². The first kappa shape index (κ1) is 12.4. The summed E-state index contributed by atoms with van der Waals surface area (Å²) in [5, 5.41) is 11.6. The Bertz CT molecular complexity index is 300. The predicted molar refractivity (Wildman–Crippen MR) is 62.6 cm³/mol. The van der Waals surface area contributed by atoms with Gasteiger partial charge in [-0.2, -0.15) is 0 Å². The van der Waals surface area contributed by atoms with Crippen LogP contribution in [0.15, 0.2) is 0 Å². The van der Waals surface area contributed by atoms with Gasteiger partial charge in [0.1, 0.15) is 6.04 Å². The molecule has 5 nitrogen and oxygen atoms in total. The molecule has 96 valence electrons. The summed E-state index contributed by atoms with van der Waals surface area (Å²) in [6, 6.07) is -0.273. The van der Waals surface area contributed by atoms with Crippen LogP contribution in [0.3, 0.4) is 0 Å². The van der Waals surface area contributed by atoms with Crippen molar-refractivity contribution in [2.75, 3.05) is 13.1 Å². The van der Waals surface area contributed by atoms with Crippen LogP contribution in [0.25, 0.3) is 0 Å². The Labute approximate surface area is 101 Å². The van der Waals surface area contributed by atoms with Crippen molar-refractivity contribution in [3.8, 4) is 0 Å². The van der Waals surface area contributed by atoms with Crippen LogP contribution < -0.4 is 5.32 Å². The Kier molecular flexibility index (Phi) is 3.99. The van der Waals surface area contributed by atoms with Crippen LogP contribution in [-0.2, 0) is 9.59 Å². The van der Waals surface area contributed by atoms with Crippen LogP contribution in [-0.4, -0.2) is 47.1 Å².